The summed E-state index contributed by atoms with van der Waals surface area (Å²) in [6.45, 7) is 0. The van der Waals surface area contributed by atoms with Crippen LogP contribution >= 0.6 is 11.6 Å². The van der Waals surface area contributed by atoms with E-state index in [1.165, 1.54) is 18.2 Å². The fourth-order valence-electron chi connectivity index (χ4n) is 1.15. The van der Waals surface area contributed by atoms with Crippen LogP contribution in [-0.4, -0.2) is 16.6 Å². The molecule has 2 aromatic rings. The Bertz CT molecular complexity index is 495. The summed E-state index contributed by atoms with van der Waals surface area (Å²) in [5.74, 6) is -0.340. The summed E-state index contributed by atoms with van der Waals surface area (Å²) >= 11 is 5.37. The lowest BCUT2D eigenvalue weighted by Gasteiger charge is -1.94. The van der Waals surface area contributed by atoms with Crippen LogP contribution in [0.3, 0.4) is 0 Å². The van der Waals surface area contributed by atoms with Gasteiger partial charge in [0.05, 0.1) is 5.88 Å². The fraction of sp³-hybridized carbons (Fsp3) is 0.111. The summed E-state index contributed by atoms with van der Waals surface area (Å²) in [4.78, 5) is 14.6. The fourth-order valence-corrected chi connectivity index (χ4v) is 1.30. The van der Waals surface area contributed by atoms with Crippen LogP contribution in [0.4, 0.5) is 4.39 Å². The van der Waals surface area contributed by atoms with Crippen molar-refractivity contribution in [2.75, 3.05) is 5.88 Å². The first kappa shape index (κ1) is 9.15. The number of benzene rings is 1. The van der Waals surface area contributed by atoms with E-state index in [-0.39, 0.29) is 17.2 Å². The molecule has 0 aliphatic carbocycles. The largest absolute Gasteiger partial charge is 0.415 e. The molecule has 72 valence electrons. The van der Waals surface area contributed by atoms with Gasteiger partial charge in [-0.2, -0.15) is 4.98 Å². The van der Waals surface area contributed by atoms with Crippen LogP contribution in [-0.2, 0) is 0 Å². The predicted octanol–water partition coefficient (Wildman–Crippen LogP) is 2.39. The lowest BCUT2D eigenvalue weighted by Crippen LogP contribution is -1.99. The van der Waals surface area contributed by atoms with Gasteiger partial charge in [0.2, 0.25) is 0 Å². The van der Waals surface area contributed by atoms with E-state index in [1.54, 1.807) is 0 Å². The molecule has 0 aliphatic rings. The summed E-state index contributed by atoms with van der Waals surface area (Å²) < 4.78 is 17.2. The third-order valence-corrected chi connectivity index (χ3v) is 2.05. The number of halogens is 2. The first-order valence-corrected chi connectivity index (χ1v) is 4.39. The highest BCUT2D eigenvalue weighted by atomic mass is 35.5. The van der Waals surface area contributed by atoms with E-state index in [9.17, 15) is 9.18 Å². The van der Waals surface area contributed by atoms with Crippen LogP contribution in [0.1, 0.15) is 10.4 Å². The molecule has 5 heteroatoms. The van der Waals surface area contributed by atoms with Gasteiger partial charge >= 0.3 is 6.14 Å². The maximum Gasteiger partial charge on any atom is 0.382 e. The van der Waals surface area contributed by atoms with Crippen molar-refractivity contribution in [1.82, 2.24) is 4.98 Å². The van der Waals surface area contributed by atoms with Gasteiger partial charge in [0.25, 0.3) is 0 Å². The third kappa shape index (κ3) is 1.48. The van der Waals surface area contributed by atoms with Gasteiger partial charge in [-0.05, 0) is 18.2 Å². The predicted molar refractivity (Wildman–Crippen MR) is 49.0 cm³/mol. The van der Waals surface area contributed by atoms with Gasteiger partial charge in [-0.25, -0.2) is 0 Å². The molecule has 0 amide bonds. The molecular weight excluding hydrogens is 209 g/mol. The molecule has 0 N–H and O–H groups in total. The van der Waals surface area contributed by atoms with Crippen molar-refractivity contribution >= 4 is 28.5 Å². The van der Waals surface area contributed by atoms with E-state index in [4.69, 9.17) is 11.6 Å². The monoisotopic (exact) mass is 213 g/mol. The number of hydrogen-bond acceptors (Lipinski definition) is 3. The maximum absolute atomic E-state index is 12.5. The van der Waals surface area contributed by atoms with Crippen molar-refractivity contribution in [2.24, 2.45) is 0 Å². The standard InChI is InChI=1S/C9H5ClFNO2/c10-4-7(13)5-1-2-6-8(3-5)14-9(11)12-6/h1-3H,4H2. The number of Topliss-reactive ketones (excluding diaryl/α,β-unsaturated/α-hetero) is 1. The molecule has 0 unspecified atom stereocenters. The van der Waals surface area contributed by atoms with Gasteiger partial charge in [-0.1, -0.05) is 0 Å². The van der Waals surface area contributed by atoms with Crippen molar-refractivity contribution in [3.05, 3.63) is 29.9 Å². The average molecular weight is 214 g/mol. The minimum atomic E-state index is -0.907. The zero-order chi connectivity index (χ0) is 10.1. The summed E-state index contributed by atoms with van der Waals surface area (Å²) in [5, 5.41) is 0. The Balaban J connectivity index is 2.55. The number of hydrogen-bond donors (Lipinski definition) is 0. The van der Waals surface area contributed by atoms with Crippen LogP contribution in [0.15, 0.2) is 22.6 Å². The molecule has 0 atom stereocenters. The van der Waals surface area contributed by atoms with Crippen molar-refractivity contribution in [3.63, 3.8) is 0 Å². The first-order valence-electron chi connectivity index (χ1n) is 3.86. The molecule has 0 saturated carbocycles. The van der Waals surface area contributed by atoms with E-state index in [0.29, 0.717) is 11.1 Å². The Morgan fingerprint density at radius 1 is 1.57 bits per heavy atom. The highest BCUT2D eigenvalue weighted by Gasteiger charge is 2.09. The molecule has 0 radical (unpaired) electrons. The molecule has 0 fully saturated rings. The van der Waals surface area contributed by atoms with Crippen LogP contribution in [0, 0.1) is 6.14 Å². The highest BCUT2D eigenvalue weighted by molar-refractivity contribution is 6.30. The second kappa shape index (κ2) is 3.38. The Hall–Kier alpha value is -1.42. The second-order valence-corrected chi connectivity index (χ2v) is 2.97. The summed E-state index contributed by atoms with van der Waals surface area (Å²) in [6.07, 6.45) is -0.907. The number of nitrogens with zero attached hydrogens (tertiary/aromatic N) is 1. The molecule has 1 aromatic carbocycles. The Morgan fingerprint density at radius 2 is 2.36 bits per heavy atom. The number of alkyl halides is 1. The van der Waals surface area contributed by atoms with Gasteiger partial charge in [0.1, 0.15) is 5.52 Å². The molecule has 3 nitrogen and oxygen atoms in total. The SMILES string of the molecule is O=C(CCl)c1ccc2nc(F)oc2c1. The molecule has 1 aromatic heterocycles. The number of fused-ring (bicyclic) bond motifs is 1. The minimum Gasteiger partial charge on any atom is -0.415 e. The van der Waals surface area contributed by atoms with Gasteiger partial charge < -0.3 is 4.42 Å². The van der Waals surface area contributed by atoms with E-state index in [2.05, 4.69) is 9.40 Å². The van der Waals surface area contributed by atoms with E-state index in [1.807, 2.05) is 0 Å². The first-order chi connectivity index (χ1) is 6.70. The van der Waals surface area contributed by atoms with Crippen molar-refractivity contribution in [2.45, 2.75) is 0 Å². The van der Waals surface area contributed by atoms with Crippen LogP contribution < -0.4 is 0 Å². The van der Waals surface area contributed by atoms with E-state index >= 15 is 0 Å². The normalized spacial score (nSPS) is 10.7. The summed E-state index contributed by atoms with van der Waals surface area (Å²) in [5.41, 5.74) is 1.02. The number of oxazole rings is 1. The lowest BCUT2D eigenvalue weighted by atomic mass is 10.1. The highest BCUT2D eigenvalue weighted by Crippen LogP contribution is 2.16. The summed E-state index contributed by atoms with van der Waals surface area (Å²) in [6, 6.07) is 4.48. The average Bonchev–Trinajstić information content (AvgIpc) is 2.55. The number of aromatic nitrogens is 1. The van der Waals surface area contributed by atoms with Gasteiger partial charge in [0, 0.05) is 5.56 Å². The van der Waals surface area contributed by atoms with Crippen LogP contribution in [0.2, 0.25) is 0 Å². The van der Waals surface area contributed by atoms with Crippen LogP contribution in [0.5, 0.6) is 0 Å². The van der Waals surface area contributed by atoms with Crippen LogP contribution in [0.25, 0.3) is 11.1 Å². The molecule has 0 spiro atoms. The molecule has 0 aliphatic heterocycles. The minimum absolute atomic E-state index is 0.109. The number of rotatable bonds is 2. The van der Waals surface area contributed by atoms with E-state index in [0.717, 1.165) is 0 Å². The zero-order valence-corrected chi connectivity index (χ0v) is 7.71. The lowest BCUT2D eigenvalue weighted by molar-refractivity contribution is 0.102. The second-order valence-electron chi connectivity index (χ2n) is 2.71. The van der Waals surface area contributed by atoms with Crippen molar-refractivity contribution in [1.29, 1.82) is 0 Å². The molecule has 14 heavy (non-hydrogen) atoms. The Morgan fingerprint density at radius 3 is 3.07 bits per heavy atom. The Labute approximate surface area is 83.5 Å². The molecule has 2 rings (SSSR count). The molecule has 0 saturated heterocycles. The summed E-state index contributed by atoms with van der Waals surface area (Å²) in [7, 11) is 0. The number of ketones is 1. The molecule has 1 heterocycles. The number of carbonyl (C=O) groups is 1. The molecule has 0 bridgehead atoms. The topological polar surface area (TPSA) is 43.1 Å². The zero-order valence-electron chi connectivity index (χ0n) is 6.96. The quantitative estimate of drug-likeness (QED) is 0.568. The van der Waals surface area contributed by atoms with Gasteiger partial charge in [-0.15, -0.1) is 16.0 Å². The maximum atomic E-state index is 12.5. The smallest absolute Gasteiger partial charge is 0.382 e. The van der Waals surface area contributed by atoms with Gasteiger partial charge in [0.15, 0.2) is 11.4 Å². The van der Waals surface area contributed by atoms with Crippen molar-refractivity contribution < 1.29 is 13.6 Å². The number of carbonyl (C=O) groups excluding carboxylic acids is 1. The van der Waals surface area contributed by atoms with E-state index < -0.39 is 6.14 Å². The third-order valence-electron chi connectivity index (χ3n) is 1.81. The molecular formula is C9H5ClFNO2. The van der Waals surface area contributed by atoms with Crippen molar-refractivity contribution in [3.8, 4) is 0 Å². The Kier molecular flexibility index (Phi) is 2.21. The van der Waals surface area contributed by atoms with Gasteiger partial charge in [-0.3, -0.25) is 4.79 Å².